The first-order chi connectivity index (χ1) is 10.8. The molecule has 1 aliphatic heterocycles. The van der Waals surface area contributed by atoms with Crippen LogP contribution in [0, 0.1) is 0 Å². The van der Waals surface area contributed by atoms with Crippen LogP contribution in [-0.2, 0) is 0 Å². The van der Waals surface area contributed by atoms with Gasteiger partial charge in [0.15, 0.2) is 0 Å². The maximum Gasteiger partial charge on any atom is 0.256 e. The van der Waals surface area contributed by atoms with E-state index in [1.165, 1.54) is 0 Å². The molecule has 0 aromatic carbocycles. The summed E-state index contributed by atoms with van der Waals surface area (Å²) in [5.74, 6) is 0.734. The van der Waals surface area contributed by atoms with Crippen molar-refractivity contribution in [2.24, 2.45) is 0 Å². The molecule has 22 heavy (non-hydrogen) atoms. The third-order valence-electron chi connectivity index (χ3n) is 3.85. The molecule has 0 bridgehead atoms. The Morgan fingerprint density at radius 1 is 1.32 bits per heavy atom. The van der Waals surface area contributed by atoms with Crippen molar-refractivity contribution in [1.82, 2.24) is 24.6 Å². The lowest BCUT2D eigenvalue weighted by atomic mass is 10.1. The van der Waals surface area contributed by atoms with Crippen molar-refractivity contribution >= 4 is 5.91 Å². The molecule has 2 aromatic heterocycles. The van der Waals surface area contributed by atoms with Gasteiger partial charge in [0, 0.05) is 12.7 Å². The van der Waals surface area contributed by atoms with Crippen molar-refractivity contribution in [3.05, 3.63) is 48.7 Å². The maximum absolute atomic E-state index is 12.6. The molecule has 1 aliphatic rings. The van der Waals surface area contributed by atoms with Gasteiger partial charge in [-0.1, -0.05) is 31.9 Å². The van der Waals surface area contributed by atoms with Crippen molar-refractivity contribution in [3.8, 4) is 5.82 Å². The Hall–Kier alpha value is -2.50. The molecule has 2 aromatic rings. The van der Waals surface area contributed by atoms with Crippen LogP contribution in [0.2, 0.25) is 0 Å². The summed E-state index contributed by atoms with van der Waals surface area (Å²) in [6, 6.07) is 3.83. The summed E-state index contributed by atoms with van der Waals surface area (Å²) in [7, 11) is 0. The molecule has 0 N–H and O–H groups in total. The summed E-state index contributed by atoms with van der Waals surface area (Å²) in [6.07, 6.45) is 12.3. The van der Waals surface area contributed by atoms with Gasteiger partial charge in [-0.25, -0.2) is 4.98 Å². The first-order valence-corrected chi connectivity index (χ1v) is 7.58. The molecule has 3 heterocycles. The summed E-state index contributed by atoms with van der Waals surface area (Å²) in [5, 5.41) is 7.49. The van der Waals surface area contributed by atoms with E-state index in [0.717, 1.165) is 19.3 Å². The van der Waals surface area contributed by atoms with Gasteiger partial charge in [0.1, 0.15) is 18.5 Å². The Kier molecular flexibility index (Phi) is 4.27. The fourth-order valence-electron chi connectivity index (χ4n) is 2.62. The molecule has 1 atom stereocenters. The fraction of sp³-hybridized carbons (Fsp3) is 0.375. The number of hydrogen-bond acceptors (Lipinski definition) is 4. The van der Waals surface area contributed by atoms with E-state index < -0.39 is 0 Å². The molecule has 114 valence electrons. The van der Waals surface area contributed by atoms with Gasteiger partial charge < -0.3 is 4.90 Å². The number of nitrogens with zero attached hydrogens (tertiary/aromatic N) is 5. The predicted octanol–water partition coefficient (Wildman–Crippen LogP) is 2.23. The molecule has 6 nitrogen and oxygen atoms in total. The van der Waals surface area contributed by atoms with Crippen molar-refractivity contribution in [2.45, 2.75) is 32.2 Å². The number of unbranched alkanes of at least 4 members (excludes halogenated alkanes) is 1. The molecule has 0 unspecified atom stereocenters. The van der Waals surface area contributed by atoms with E-state index >= 15 is 0 Å². The second-order valence-electron chi connectivity index (χ2n) is 5.37. The number of hydrogen-bond donors (Lipinski definition) is 0. The molecule has 6 heteroatoms. The summed E-state index contributed by atoms with van der Waals surface area (Å²) in [6.45, 7) is 2.85. The molecule has 0 radical (unpaired) electrons. The first kappa shape index (κ1) is 14.4. The highest BCUT2D eigenvalue weighted by atomic mass is 16.2. The van der Waals surface area contributed by atoms with E-state index in [-0.39, 0.29) is 11.9 Å². The summed E-state index contributed by atoms with van der Waals surface area (Å²) in [5.41, 5.74) is 0.613. The Balaban J connectivity index is 1.72. The number of amides is 1. The number of carbonyl (C=O) groups excluding carboxylic acids is 1. The van der Waals surface area contributed by atoms with Crippen LogP contribution in [0.3, 0.4) is 0 Å². The monoisotopic (exact) mass is 297 g/mol. The smallest absolute Gasteiger partial charge is 0.256 e. The molecule has 0 saturated heterocycles. The highest BCUT2D eigenvalue weighted by Crippen LogP contribution is 2.19. The zero-order valence-electron chi connectivity index (χ0n) is 12.6. The SMILES string of the molecule is CCCC[C@@H]1C=CCN1C(=O)c1ccc(-n2cnnc2)nc1. The zero-order chi connectivity index (χ0) is 15.4. The molecule has 0 aliphatic carbocycles. The summed E-state index contributed by atoms with van der Waals surface area (Å²) < 4.78 is 1.70. The minimum absolute atomic E-state index is 0.0360. The molecule has 0 saturated carbocycles. The van der Waals surface area contributed by atoms with Crippen molar-refractivity contribution in [2.75, 3.05) is 6.54 Å². The Morgan fingerprint density at radius 2 is 2.14 bits per heavy atom. The number of carbonyl (C=O) groups is 1. The van der Waals surface area contributed by atoms with Crippen LogP contribution in [-0.4, -0.2) is 43.1 Å². The van der Waals surface area contributed by atoms with Gasteiger partial charge >= 0.3 is 0 Å². The highest BCUT2D eigenvalue weighted by molar-refractivity contribution is 5.94. The molecule has 1 amide bonds. The standard InChI is InChI=1S/C16H19N5O/c1-2-3-5-14-6-4-9-21(14)16(22)13-7-8-15(17-10-13)20-11-18-19-12-20/h4,6-8,10-12,14H,2-3,5,9H2,1H3/t14-/m1/s1. The van der Waals surface area contributed by atoms with Gasteiger partial charge in [0.25, 0.3) is 5.91 Å². The number of pyridine rings is 1. The third kappa shape index (κ3) is 2.90. The van der Waals surface area contributed by atoms with Gasteiger partial charge in [-0.2, -0.15) is 0 Å². The topological polar surface area (TPSA) is 63.9 Å². The normalized spacial score (nSPS) is 17.1. The van der Waals surface area contributed by atoms with Gasteiger partial charge in [0.2, 0.25) is 0 Å². The van der Waals surface area contributed by atoms with Gasteiger partial charge in [-0.05, 0) is 18.6 Å². The Morgan fingerprint density at radius 3 is 2.82 bits per heavy atom. The van der Waals surface area contributed by atoms with E-state index in [1.807, 2.05) is 4.90 Å². The van der Waals surface area contributed by atoms with Crippen molar-refractivity contribution in [3.63, 3.8) is 0 Å². The summed E-state index contributed by atoms with van der Waals surface area (Å²) >= 11 is 0. The third-order valence-corrected chi connectivity index (χ3v) is 3.85. The predicted molar refractivity (Wildman–Crippen MR) is 82.6 cm³/mol. The van der Waals surface area contributed by atoms with E-state index in [2.05, 4.69) is 34.3 Å². The molecular formula is C16H19N5O. The van der Waals surface area contributed by atoms with Crippen LogP contribution in [0.25, 0.3) is 5.82 Å². The minimum Gasteiger partial charge on any atom is -0.328 e. The average Bonchev–Trinajstić information content (AvgIpc) is 3.24. The lowest BCUT2D eigenvalue weighted by Crippen LogP contribution is -2.36. The van der Waals surface area contributed by atoms with E-state index in [9.17, 15) is 4.79 Å². The average molecular weight is 297 g/mol. The van der Waals surface area contributed by atoms with Gasteiger partial charge in [0.05, 0.1) is 11.6 Å². The van der Waals surface area contributed by atoms with Crippen LogP contribution >= 0.6 is 0 Å². The Bertz CT molecular complexity index is 648. The fourth-order valence-corrected chi connectivity index (χ4v) is 2.62. The summed E-state index contributed by atoms with van der Waals surface area (Å²) in [4.78, 5) is 18.9. The van der Waals surface area contributed by atoms with Gasteiger partial charge in [-0.15, -0.1) is 10.2 Å². The minimum atomic E-state index is 0.0360. The van der Waals surface area contributed by atoms with Crippen LogP contribution < -0.4 is 0 Å². The molecule has 0 spiro atoms. The van der Waals surface area contributed by atoms with Crippen LogP contribution in [0.4, 0.5) is 0 Å². The molecular weight excluding hydrogens is 278 g/mol. The van der Waals surface area contributed by atoms with Crippen LogP contribution in [0.15, 0.2) is 43.1 Å². The second kappa shape index (κ2) is 6.51. The van der Waals surface area contributed by atoms with Gasteiger partial charge in [-0.3, -0.25) is 9.36 Å². The van der Waals surface area contributed by atoms with E-state index in [1.54, 1.807) is 35.6 Å². The largest absolute Gasteiger partial charge is 0.328 e. The van der Waals surface area contributed by atoms with Crippen molar-refractivity contribution in [1.29, 1.82) is 0 Å². The highest BCUT2D eigenvalue weighted by Gasteiger charge is 2.25. The van der Waals surface area contributed by atoms with Crippen LogP contribution in [0.5, 0.6) is 0 Å². The lowest BCUT2D eigenvalue weighted by molar-refractivity contribution is 0.0743. The maximum atomic E-state index is 12.6. The van der Waals surface area contributed by atoms with Crippen LogP contribution in [0.1, 0.15) is 36.5 Å². The lowest BCUT2D eigenvalue weighted by Gasteiger charge is -2.24. The molecule has 3 rings (SSSR count). The zero-order valence-corrected chi connectivity index (χ0v) is 12.6. The first-order valence-electron chi connectivity index (χ1n) is 7.58. The quantitative estimate of drug-likeness (QED) is 0.794. The van der Waals surface area contributed by atoms with Crippen molar-refractivity contribution < 1.29 is 4.79 Å². The number of rotatable bonds is 5. The molecule has 0 fully saturated rings. The number of aromatic nitrogens is 4. The Labute approximate surface area is 129 Å². The van der Waals surface area contributed by atoms with E-state index in [0.29, 0.717) is 17.9 Å². The van der Waals surface area contributed by atoms with E-state index in [4.69, 9.17) is 0 Å². The second-order valence-corrected chi connectivity index (χ2v) is 5.37.